The molecular formula is C24H22Cl2FN3O7S2. The molecule has 39 heavy (non-hydrogen) atoms. The van der Waals surface area contributed by atoms with E-state index in [9.17, 15) is 18.8 Å². The summed E-state index contributed by atoms with van der Waals surface area (Å²) in [5, 5.41) is 8.59. The number of nitrogens with zero attached hydrogens (tertiary/aromatic N) is 3. The number of carbonyl (C=O) groups is 3. The van der Waals surface area contributed by atoms with Crippen LogP contribution in [0, 0.1) is 5.13 Å². The molecule has 10 nitrogen and oxygen atoms in total. The number of rotatable bonds is 8. The molecule has 3 aromatic rings. The van der Waals surface area contributed by atoms with Gasteiger partial charge in [-0.3, -0.25) is 14.4 Å². The third kappa shape index (κ3) is 7.28. The second-order valence-electron chi connectivity index (χ2n) is 8.37. The van der Waals surface area contributed by atoms with Gasteiger partial charge >= 0.3 is 17.9 Å². The number of benzene rings is 1. The molecule has 2 aromatic heterocycles. The highest BCUT2D eigenvalue weighted by atomic mass is 35.5. The normalized spacial score (nSPS) is 22.8. The van der Waals surface area contributed by atoms with Crippen molar-refractivity contribution in [1.29, 1.82) is 0 Å². The molecule has 0 aliphatic carbocycles. The number of thiophene rings is 1. The topological polar surface area (TPSA) is 119 Å². The summed E-state index contributed by atoms with van der Waals surface area (Å²) in [6, 6.07) is 6.82. The zero-order valence-corrected chi connectivity index (χ0v) is 23.9. The molecule has 1 fully saturated rings. The molecule has 0 N–H and O–H groups in total. The SMILES string of the molecule is CC(=O)OCC1O[C@H](Sc2ccc(Cl)c(Cl)c2)C(OC(C)=O)C(n2cc(-c3ccc(F)s3)nn2)[C@H]1OC(C)=O. The van der Waals surface area contributed by atoms with Crippen molar-refractivity contribution in [2.75, 3.05) is 6.61 Å². The number of ether oxygens (including phenoxy) is 4. The summed E-state index contributed by atoms with van der Waals surface area (Å²) in [6.45, 7) is 3.39. The van der Waals surface area contributed by atoms with Gasteiger partial charge in [0.2, 0.25) is 0 Å². The van der Waals surface area contributed by atoms with Crippen LogP contribution in [0.15, 0.2) is 41.4 Å². The minimum Gasteiger partial charge on any atom is -0.463 e. The minimum atomic E-state index is -1.12. The monoisotopic (exact) mass is 617 g/mol. The molecule has 15 heteroatoms. The lowest BCUT2D eigenvalue weighted by atomic mass is 9.96. The minimum absolute atomic E-state index is 0.271. The van der Waals surface area contributed by atoms with Crippen LogP contribution in [-0.2, 0) is 33.3 Å². The van der Waals surface area contributed by atoms with Gasteiger partial charge in [-0.2, -0.15) is 4.39 Å². The molecule has 1 aliphatic heterocycles. The molecule has 5 atom stereocenters. The van der Waals surface area contributed by atoms with Crippen molar-refractivity contribution in [3.63, 3.8) is 0 Å². The quantitative estimate of drug-likeness (QED) is 0.254. The molecule has 1 aromatic carbocycles. The average Bonchev–Trinajstić information content (AvgIpc) is 3.50. The van der Waals surface area contributed by atoms with E-state index in [0.29, 0.717) is 25.5 Å². The molecule has 208 valence electrons. The zero-order valence-electron chi connectivity index (χ0n) is 20.7. The smallest absolute Gasteiger partial charge is 0.303 e. The van der Waals surface area contributed by atoms with E-state index >= 15 is 0 Å². The highest BCUT2D eigenvalue weighted by Crippen LogP contribution is 2.42. The molecule has 0 radical (unpaired) electrons. The van der Waals surface area contributed by atoms with Crippen LogP contribution in [0.3, 0.4) is 0 Å². The van der Waals surface area contributed by atoms with Gasteiger partial charge in [0.05, 0.1) is 21.1 Å². The summed E-state index contributed by atoms with van der Waals surface area (Å²) in [6.07, 6.45) is -1.65. The Morgan fingerprint density at radius 1 is 1.05 bits per heavy atom. The predicted molar refractivity (Wildman–Crippen MR) is 141 cm³/mol. The Balaban J connectivity index is 1.79. The van der Waals surface area contributed by atoms with E-state index in [1.807, 2.05) is 0 Å². The van der Waals surface area contributed by atoms with Gasteiger partial charge in [-0.25, -0.2) is 4.68 Å². The summed E-state index contributed by atoms with van der Waals surface area (Å²) in [5.41, 5.74) is -0.556. The summed E-state index contributed by atoms with van der Waals surface area (Å²) in [7, 11) is 0. The van der Waals surface area contributed by atoms with E-state index in [0.717, 1.165) is 11.3 Å². The van der Waals surface area contributed by atoms with Crippen molar-refractivity contribution < 1.29 is 37.7 Å². The third-order valence-corrected chi connectivity index (χ3v) is 8.23. The molecule has 0 saturated carbocycles. The number of aromatic nitrogens is 3. The highest BCUT2D eigenvalue weighted by Gasteiger charge is 2.52. The summed E-state index contributed by atoms with van der Waals surface area (Å²) in [4.78, 5) is 37.2. The maximum atomic E-state index is 13.7. The number of carbonyl (C=O) groups excluding carboxylic acids is 3. The number of hydrogen-bond donors (Lipinski definition) is 0. The summed E-state index contributed by atoms with van der Waals surface area (Å²) < 4.78 is 37.8. The van der Waals surface area contributed by atoms with Crippen LogP contribution in [-0.4, -0.2) is 63.3 Å². The van der Waals surface area contributed by atoms with Crippen LogP contribution in [0.2, 0.25) is 10.0 Å². The molecule has 0 bridgehead atoms. The Morgan fingerprint density at radius 3 is 2.38 bits per heavy atom. The van der Waals surface area contributed by atoms with Gasteiger partial charge < -0.3 is 18.9 Å². The van der Waals surface area contributed by atoms with Crippen LogP contribution in [0.5, 0.6) is 0 Å². The van der Waals surface area contributed by atoms with Crippen LogP contribution in [0.25, 0.3) is 10.6 Å². The molecule has 1 aliphatic rings. The second-order valence-corrected chi connectivity index (χ2v) is 11.4. The fraction of sp³-hybridized carbons (Fsp3) is 0.375. The van der Waals surface area contributed by atoms with Crippen molar-refractivity contribution in [1.82, 2.24) is 15.0 Å². The maximum Gasteiger partial charge on any atom is 0.303 e. The second kappa shape index (κ2) is 12.6. The summed E-state index contributed by atoms with van der Waals surface area (Å²) >= 11 is 14.3. The van der Waals surface area contributed by atoms with E-state index in [1.165, 1.54) is 49.5 Å². The van der Waals surface area contributed by atoms with E-state index in [4.69, 9.17) is 42.1 Å². The van der Waals surface area contributed by atoms with Gasteiger partial charge in [-0.1, -0.05) is 40.2 Å². The van der Waals surface area contributed by atoms with Crippen molar-refractivity contribution in [2.45, 2.75) is 55.5 Å². The molecular weight excluding hydrogens is 596 g/mol. The van der Waals surface area contributed by atoms with Gasteiger partial charge in [-0.05, 0) is 30.3 Å². The number of thioether (sulfide) groups is 1. The largest absolute Gasteiger partial charge is 0.463 e. The first-order chi connectivity index (χ1) is 18.5. The molecule has 1 saturated heterocycles. The standard InChI is InChI=1S/C24H22Cl2FN3O7S2/c1-11(31)34-10-18-22(35-12(2)32)21(30-9-17(28-29-30)19-6-7-20(27)39-19)23(36-13(3)33)24(37-18)38-14-4-5-15(25)16(26)8-14/h4-9,18,21-24H,10H2,1-3H3/t18?,21?,22-,23?,24+/m0/s1. The molecule has 4 rings (SSSR count). The van der Waals surface area contributed by atoms with E-state index in [-0.39, 0.29) is 6.61 Å². The predicted octanol–water partition coefficient (Wildman–Crippen LogP) is 4.94. The van der Waals surface area contributed by atoms with Gasteiger partial charge in [0.25, 0.3) is 0 Å². The van der Waals surface area contributed by atoms with Crippen molar-refractivity contribution in [3.8, 4) is 10.6 Å². The first-order valence-corrected chi connectivity index (χ1v) is 13.9. The first-order valence-electron chi connectivity index (χ1n) is 11.4. The Kier molecular flexibility index (Phi) is 9.49. The van der Waals surface area contributed by atoms with Gasteiger partial charge in [0.15, 0.2) is 17.3 Å². The Bertz CT molecular complexity index is 1370. The van der Waals surface area contributed by atoms with Gasteiger partial charge in [0.1, 0.15) is 29.9 Å². The Morgan fingerprint density at radius 2 is 1.77 bits per heavy atom. The van der Waals surface area contributed by atoms with Crippen LogP contribution in [0.4, 0.5) is 4.39 Å². The van der Waals surface area contributed by atoms with Crippen molar-refractivity contribution in [3.05, 3.63) is 51.7 Å². The van der Waals surface area contributed by atoms with Gasteiger partial charge in [-0.15, -0.1) is 16.4 Å². The maximum absolute atomic E-state index is 13.7. The number of halogens is 3. The average molecular weight is 618 g/mol. The lowest BCUT2D eigenvalue weighted by molar-refractivity contribution is -0.212. The first kappa shape index (κ1) is 29.3. The summed E-state index contributed by atoms with van der Waals surface area (Å²) in [5.74, 6) is -1.86. The Hall–Kier alpha value is -2.71. The van der Waals surface area contributed by atoms with Crippen LogP contribution in [0.1, 0.15) is 26.8 Å². The van der Waals surface area contributed by atoms with Crippen molar-refractivity contribution in [2.24, 2.45) is 0 Å². The molecule has 0 spiro atoms. The number of hydrogen-bond acceptors (Lipinski definition) is 11. The zero-order chi connectivity index (χ0) is 28.3. The van der Waals surface area contributed by atoms with Crippen LogP contribution < -0.4 is 0 Å². The van der Waals surface area contributed by atoms with E-state index in [2.05, 4.69) is 10.3 Å². The molecule has 3 unspecified atom stereocenters. The lowest BCUT2D eigenvalue weighted by Crippen LogP contribution is -2.57. The Labute approximate surface area is 240 Å². The van der Waals surface area contributed by atoms with E-state index in [1.54, 1.807) is 24.3 Å². The fourth-order valence-corrected chi connectivity index (χ4v) is 6.14. The highest BCUT2D eigenvalue weighted by molar-refractivity contribution is 7.99. The molecule has 3 heterocycles. The lowest BCUT2D eigenvalue weighted by Gasteiger charge is -2.44. The third-order valence-electron chi connectivity index (χ3n) is 5.46. The fourth-order valence-electron chi connectivity index (χ4n) is 3.95. The molecule has 0 amide bonds. The van der Waals surface area contributed by atoms with Crippen molar-refractivity contribution >= 4 is 64.2 Å². The number of esters is 3. The van der Waals surface area contributed by atoms with Crippen LogP contribution >= 0.6 is 46.3 Å². The van der Waals surface area contributed by atoms with E-state index < -0.39 is 52.8 Å². The van der Waals surface area contributed by atoms with Gasteiger partial charge in [0, 0.05) is 25.7 Å².